The lowest BCUT2D eigenvalue weighted by Crippen LogP contribution is -2.00. The van der Waals surface area contributed by atoms with Crippen LogP contribution < -0.4 is 0 Å². The molecular formula is C20H17N3O3S. The van der Waals surface area contributed by atoms with E-state index in [9.17, 15) is 15.3 Å². The highest BCUT2D eigenvalue weighted by molar-refractivity contribution is 7.99. The zero-order valence-electron chi connectivity index (χ0n) is 14.3. The van der Waals surface area contributed by atoms with Crippen LogP contribution in [-0.4, -0.2) is 42.7 Å². The van der Waals surface area contributed by atoms with Gasteiger partial charge in [0.1, 0.15) is 27.9 Å². The highest BCUT2D eigenvalue weighted by atomic mass is 32.2. The first-order valence-electron chi connectivity index (χ1n) is 8.39. The molecule has 4 rings (SSSR count). The molecule has 3 N–H and O–H groups in total. The summed E-state index contributed by atoms with van der Waals surface area (Å²) in [4.78, 5) is 0. The fourth-order valence-corrected chi connectivity index (χ4v) is 3.74. The number of hydrogen-bond acceptors (Lipinski definition) is 6. The molecular weight excluding hydrogens is 362 g/mol. The Morgan fingerprint density at radius 1 is 0.963 bits per heavy atom. The zero-order chi connectivity index (χ0) is 18.8. The fraction of sp³-hybridized carbons (Fsp3) is 0.100. The van der Waals surface area contributed by atoms with Gasteiger partial charge in [0.15, 0.2) is 0 Å². The maximum atomic E-state index is 10.3. The monoisotopic (exact) mass is 379 g/mol. The first-order valence-corrected chi connectivity index (χ1v) is 9.37. The maximum Gasteiger partial charge on any atom is 0.147 e. The summed E-state index contributed by atoms with van der Waals surface area (Å²) in [5, 5.41) is 40.4. The largest absolute Gasteiger partial charge is 0.508 e. The Hall–Kier alpha value is -3.03. The molecule has 1 aromatic heterocycles. The molecule has 27 heavy (non-hydrogen) atoms. The van der Waals surface area contributed by atoms with Crippen molar-refractivity contribution in [3.8, 4) is 28.4 Å². The van der Waals surface area contributed by atoms with Crippen molar-refractivity contribution in [2.45, 2.75) is 5.03 Å². The summed E-state index contributed by atoms with van der Waals surface area (Å²) in [5.74, 6) is 0.357. The van der Waals surface area contributed by atoms with E-state index in [1.54, 1.807) is 10.7 Å². The second kappa shape index (κ2) is 7.30. The van der Waals surface area contributed by atoms with Crippen molar-refractivity contribution in [1.29, 1.82) is 0 Å². The van der Waals surface area contributed by atoms with Gasteiger partial charge in [-0.2, -0.15) is 0 Å². The first kappa shape index (κ1) is 17.4. The standard InChI is InChI=1S/C20H17N3O3S/c24-10-11-27-20-19(16-7-3-5-13-4-1-2-6-15(13)16)23(22-21-20)17-9-8-14(25)12-18(17)26/h1-9,12,24-26H,10-11H2. The van der Waals surface area contributed by atoms with E-state index in [4.69, 9.17) is 0 Å². The normalized spacial score (nSPS) is 11.1. The maximum absolute atomic E-state index is 10.3. The minimum Gasteiger partial charge on any atom is -0.508 e. The summed E-state index contributed by atoms with van der Waals surface area (Å²) in [5.41, 5.74) is 2.07. The third-order valence-corrected chi connectivity index (χ3v) is 5.14. The van der Waals surface area contributed by atoms with Crippen LogP contribution in [0.2, 0.25) is 0 Å². The number of thioether (sulfide) groups is 1. The Morgan fingerprint density at radius 2 is 1.78 bits per heavy atom. The van der Waals surface area contributed by atoms with Crippen molar-refractivity contribution in [2.75, 3.05) is 12.4 Å². The van der Waals surface area contributed by atoms with Crippen LogP contribution in [0.5, 0.6) is 11.5 Å². The Balaban J connectivity index is 1.98. The van der Waals surface area contributed by atoms with Crippen molar-refractivity contribution in [2.24, 2.45) is 0 Å². The van der Waals surface area contributed by atoms with E-state index < -0.39 is 0 Å². The molecule has 0 saturated carbocycles. The molecule has 0 bridgehead atoms. The van der Waals surface area contributed by atoms with Gasteiger partial charge in [0.2, 0.25) is 0 Å². The van der Waals surface area contributed by atoms with Crippen molar-refractivity contribution in [3.05, 3.63) is 60.7 Å². The van der Waals surface area contributed by atoms with Gasteiger partial charge in [-0.3, -0.25) is 0 Å². The highest BCUT2D eigenvalue weighted by Crippen LogP contribution is 2.37. The van der Waals surface area contributed by atoms with Crippen molar-refractivity contribution in [1.82, 2.24) is 15.0 Å². The van der Waals surface area contributed by atoms with Crippen LogP contribution in [0.25, 0.3) is 27.7 Å². The lowest BCUT2D eigenvalue weighted by atomic mass is 10.0. The summed E-state index contributed by atoms with van der Waals surface area (Å²) in [6.07, 6.45) is 0. The van der Waals surface area contributed by atoms with Crippen LogP contribution in [0.15, 0.2) is 65.7 Å². The molecule has 6 nitrogen and oxygen atoms in total. The average molecular weight is 379 g/mol. The Kier molecular flexibility index (Phi) is 4.70. The van der Waals surface area contributed by atoms with E-state index in [0.717, 1.165) is 22.0 Å². The van der Waals surface area contributed by atoms with Crippen LogP contribution in [0, 0.1) is 0 Å². The molecule has 0 aliphatic rings. The third kappa shape index (κ3) is 3.22. The number of phenols is 2. The molecule has 0 unspecified atom stereocenters. The predicted octanol–water partition coefficient (Wildman–Crippen LogP) is 3.58. The van der Waals surface area contributed by atoms with E-state index in [2.05, 4.69) is 10.3 Å². The Labute approximate surface area is 159 Å². The zero-order valence-corrected chi connectivity index (χ0v) is 15.1. The van der Waals surface area contributed by atoms with Gasteiger partial charge in [0.05, 0.1) is 6.61 Å². The summed E-state index contributed by atoms with van der Waals surface area (Å²) >= 11 is 1.40. The number of hydrogen-bond donors (Lipinski definition) is 3. The molecule has 7 heteroatoms. The number of phenolic OH excluding ortho intramolecular Hbond substituents is 2. The minimum absolute atomic E-state index is 0.0248. The van der Waals surface area contributed by atoms with E-state index in [0.29, 0.717) is 16.5 Å². The molecule has 0 atom stereocenters. The number of nitrogens with zero attached hydrogens (tertiary/aromatic N) is 3. The fourth-order valence-electron chi connectivity index (χ4n) is 3.03. The second-order valence-electron chi connectivity index (χ2n) is 5.93. The Bertz CT molecular complexity index is 1110. The molecule has 0 aliphatic carbocycles. The lowest BCUT2D eigenvalue weighted by molar-refractivity contribution is 0.322. The molecule has 1 heterocycles. The summed E-state index contributed by atoms with van der Waals surface area (Å²) in [7, 11) is 0. The molecule has 4 aromatic rings. The molecule has 0 aliphatic heterocycles. The predicted molar refractivity (Wildman–Crippen MR) is 105 cm³/mol. The summed E-state index contributed by atoms with van der Waals surface area (Å²) < 4.78 is 1.57. The smallest absolute Gasteiger partial charge is 0.147 e. The van der Waals surface area contributed by atoms with Gasteiger partial charge in [0, 0.05) is 17.4 Å². The number of aromatic nitrogens is 3. The van der Waals surface area contributed by atoms with Gasteiger partial charge in [0.25, 0.3) is 0 Å². The number of aromatic hydroxyl groups is 2. The molecule has 0 fully saturated rings. The van der Waals surface area contributed by atoms with E-state index in [1.807, 2.05) is 42.5 Å². The number of benzene rings is 3. The molecule has 136 valence electrons. The number of rotatable bonds is 5. The molecule has 0 amide bonds. The van der Waals surface area contributed by atoms with Crippen LogP contribution in [-0.2, 0) is 0 Å². The topological polar surface area (TPSA) is 91.4 Å². The molecule has 0 radical (unpaired) electrons. The minimum atomic E-state index is -0.0971. The van der Waals surface area contributed by atoms with Crippen molar-refractivity contribution >= 4 is 22.5 Å². The van der Waals surface area contributed by atoms with Crippen LogP contribution in [0.4, 0.5) is 0 Å². The van der Waals surface area contributed by atoms with E-state index in [1.165, 1.54) is 23.9 Å². The van der Waals surface area contributed by atoms with E-state index >= 15 is 0 Å². The average Bonchev–Trinajstić information content (AvgIpc) is 3.09. The molecule has 0 saturated heterocycles. The number of fused-ring (bicyclic) bond motifs is 1. The third-order valence-electron chi connectivity index (χ3n) is 4.20. The van der Waals surface area contributed by atoms with Gasteiger partial charge in [-0.15, -0.1) is 5.10 Å². The van der Waals surface area contributed by atoms with Gasteiger partial charge in [-0.1, -0.05) is 59.4 Å². The molecule has 0 spiro atoms. The van der Waals surface area contributed by atoms with Crippen molar-refractivity contribution in [3.63, 3.8) is 0 Å². The van der Waals surface area contributed by atoms with Gasteiger partial charge in [-0.05, 0) is 22.9 Å². The number of aliphatic hydroxyl groups excluding tert-OH is 1. The number of aliphatic hydroxyl groups is 1. The quantitative estimate of drug-likeness (QED) is 0.459. The van der Waals surface area contributed by atoms with Crippen LogP contribution in [0.3, 0.4) is 0 Å². The van der Waals surface area contributed by atoms with Gasteiger partial charge < -0.3 is 15.3 Å². The highest BCUT2D eigenvalue weighted by Gasteiger charge is 2.20. The SMILES string of the molecule is OCCSc1nnn(-c2ccc(O)cc2O)c1-c1cccc2ccccc12. The summed E-state index contributed by atoms with van der Waals surface area (Å²) in [6, 6.07) is 18.3. The van der Waals surface area contributed by atoms with Gasteiger partial charge in [-0.25, -0.2) is 4.68 Å². The van der Waals surface area contributed by atoms with Crippen molar-refractivity contribution < 1.29 is 15.3 Å². The Morgan fingerprint density at radius 3 is 2.59 bits per heavy atom. The van der Waals surface area contributed by atoms with Gasteiger partial charge >= 0.3 is 0 Å². The molecule has 3 aromatic carbocycles. The second-order valence-corrected chi connectivity index (χ2v) is 7.01. The van der Waals surface area contributed by atoms with Crippen LogP contribution >= 0.6 is 11.8 Å². The van der Waals surface area contributed by atoms with E-state index in [-0.39, 0.29) is 18.1 Å². The summed E-state index contributed by atoms with van der Waals surface area (Å²) in [6.45, 7) is 0.0248. The first-order chi connectivity index (χ1) is 13.2. The van der Waals surface area contributed by atoms with Crippen LogP contribution in [0.1, 0.15) is 0 Å². The lowest BCUT2D eigenvalue weighted by Gasteiger charge is -2.12.